The maximum Gasteiger partial charge on any atom is 0.122 e. The summed E-state index contributed by atoms with van der Waals surface area (Å²) in [5.41, 5.74) is -0.797. The zero-order chi connectivity index (χ0) is 12.2. The number of thiophene rings is 1. The highest BCUT2D eigenvalue weighted by atomic mass is 127. The highest BCUT2D eigenvalue weighted by molar-refractivity contribution is 7.10. The summed E-state index contributed by atoms with van der Waals surface area (Å²) in [7, 11) is 6.43. The Morgan fingerprint density at radius 2 is 2.06 bits per heavy atom. The number of nitrogens with zero attached hydrogens (tertiary/aromatic N) is 1. The van der Waals surface area contributed by atoms with Crippen LogP contribution in [-0.4, -0.2) is 37.3 Å². The maximum atomic E-state index is 10.6. The van der Waals surface area contributed by atoms with Crippen molar-refractivity contribution in [2.24, 2.45) is 0 Å². The first-order valence-electron chi connectivity index (χ1n) is 5.58. The van der Waals surface area contributed by atoms with Crippen molar-refractivity contribution in [3.63, 3.8) is 0 Å². The van der Waals surface area contributed by atoms with Crippen molar-refractivity contribution in [1.82, 2.24) is 0 Å². The highest BCUT2D eigenvalue weighted by Gasteiger charge is 2.29. The Balaban J connectivity index is 0.00000256. The molecule has 1 aromatic heterocycles. The summed E-state index contributed by atoms with van der Waals surface area (Å²) in [6.07, 6.45) is 4.57. The van der Waals surface area contributed by atoms with Crippen LogP contribution in [0.2, 0.25) is 0 Å². The molecule has 98 valence electrons. The summed E-state index contributed by atoms with van der Waals surface area (Å²) in [6, 6.07) is 3.99. The first-order chi connectivity index (χ1) is 7.37. The summed E-state index contributed by atoms with van der Waals surface area (Å²) in [6.45, 7) is 2.89. The fourth-order valence-corrected chi connectivity index (χ4v) is 2.43. The van der Waals surface area contributed by atoms with Gasteiger partial charge in [0.1, 0.15) is 5.60 Å². The molecule has 1 aromatic rings. The molecule has 0 radical (unpaired) electrons. The first-order valence-corrected chi connectivity index (χ1v) is 6.46. The Kier molecular flexibility index (Phi) is 6.91. The van der Waals surface area contributed by atoms with E-state index in [0.717, 1.165) is 22.3 Å². The maximum absolute atomic E-state index is 10.6. The Labute approximate surface area is 126 Å². The van der Waals surface area contributed by atoms with Crippen molar-refractivity contribution in [3.8, 4) is 0 Å². The van der Waals surface area contributed by atoms with Gasteiger partial charge in [0, 0.05) is 11.3 Å². The van der Waals surface area contributed by atoms with E-state index in [1.807, 2.05) is 36.6 Å². The van der Waals surface area contributed by atoms with Crippen LogP contribution in [0, 0.1) is 0 Å². The molecule has 0 aromatic carbocycles. The molecule has 0 aliphatic carbocycles. The molecule has 1 atom stereocenters. The predicted octanol–water partition coefficient (Wildman–Crippen LogP) is -0.388. The Morgan fingerprint density at radius 1 is 1.41 bits per heavy atom. The van der Waals surface area contributed by atoms with Gasteiger partial charge in [0.25, 0.3) is 0 Å². The Hall–Kier alpha value is 0.0900. The van der Waals surface area contributed by atoms with Gasteiger partial charge in [-0.2, -0.15) is 0 Å². The molecule has 0 aliphatic heterocycles. The van der Waals surface area contributed by atoms with Gasteiger partial charge in [0.05, 0.1) is 27.7 Å². The lowest BCUT2D eigenvalue weighted by atomic mass is 9.96. The molecular weight excluding hydrogens is 345 g/mol. The van der Waals surface area contributed by atoms with Crippen molar-refractivity contribution in [2.75, 3.05) is 27.7 Å². The molecule has 1 unspecified atom stereocenters. The lowest BCUT2D eigenvalue weighted by molar-refractivity contribution is -0.871. The number of allylic oxidation sites excluding steroid dienone is 1. The minimum atomic E-state index is -0.797. The minimum Gasteiger partial charge on any atom is -1.00 e. The van der Waals surface area contributed by atoms with Gasteiger partial charge < -0.3 is 33.6 Å². The van der Waals surface area contributed by atoms with Crippen LogP contribution >= 0.6 is 11.3 Å². The van der Waals surface area contributed by atoms with Gasteiger partial charge in [-0.3, -0.25) is 0 Å². The second-order valence-electron chi connectivity index (χ2n) is 5.17. The van der Waals surface area contributed by atoms with Crippen LogP contribution in [-0.2, 0) is 5.60 Å². The third kappa shape index (κ3) is 5.50. The summed E-state index contributed by atoms with van der Waals surface area (Å²) in [5, 5.41) is 12.7. The van der Waals surface area contributed by atoms with Crippen LogP contribution in [0.1, 0.15) is 18.2 Å². The van der Waals surface area contributed by atoms with Crippen LogP contribution in [0.15, 0.2) is 29.7 Å². The summed E-state index contributed by atoms with van der Waals surface area (Å²) in [5.74, 6) is 0. The molecule has 17 heavy (non-hydrogen) atoms. The molecule has 0 spiro atoms. The van der Waals surface area contributed by atoms with Crippen LogP contribution in [0.4, 0.5) is 0 Å². The highest BCUT2D eigenvalue weighted by Crippen LogP contribution is 2.31. The van der Waals surface area contributed by atoms with Crippen molar-refractivity contribution in [3.05, 3.63) is 34.5 Å². The van der Waals surface area contributed by atoms with Crippen molar-refractivity contribution >= 4 is 11.3 Å². The van der Waals surface area contributed by atoms with E-state index in [4.69, 9.17) is 0 Å². The van der Waals surface area contributed by atoms with Gasteiger partial charge >= 0.3 is 0 Å². The third-order valence-electron chi connectivity index (χ3n) is 2.55. The first kappa shape index (κ1) is 17.1. The van der Waals surface area contributed by atoms with Gasteiger partial charge in [0.2, 0.25) is 0 Å². The number of halogens is 1. The molecule has 0 amide bonds. The molecule has 4 heteroatoms. The second kappa shape index (κ2) is 6.87. The van der Waals surface area contributed by atoms with E-state index in [9.17, 15) is 5.11 Å². The standard InChI is InChI=1S/C13H22NOS.HI/c1-5-8-13(15,9-10-14(2,3)4)12-7-6-11-16-12;/h5-8,11,15H,9-10H2,1-4H3;1H/q+1;/p-1/b8-5+;. The van der Waals surface area contributed by atoms with E-state index in [1.54, 1.807) is 11.3 Å². The van der Waals surface area contributed by atoms with E-state index in [0.29, 0.717) is 0 Å². The van der Waals surface area contributed by atoms with Crippen LogP contribution in [0.25, 0.3) is 0 Å². The molecule has 0 aliphatic rings. The number of hydrogen-bond acceptors (Lipinski definition) is 2. The Morgan fingerprint density at radius 3 is 2.47 bits per heavy atom. The van der Waals surface area contributed by atoms with Crippen molar-refractivity contribution < 1.29 is 33.6 Å². The zero-order valence-electron chi connectivity index (χ0n) is 11.0. The summed E-state index contributed by atoms with van der Waals surface area (Å²) < 4.78 is 0.866. The summed E-state index contributed by atoms with van der Waals surface area (Å²) >= 11 is 1.61. The third-order valence-corrected chi connectivity index (χ3v) is 3.59. The number of rotatable bonds is 5. The number of aliphatic hydroxyl groups is 1. The van der Waals surface area contributed by atoms with E-state index in [-0.39, 0.29) is 24.0 Å². The van der Waals surface area contributed by atoms with E-state index < -0.39 is 5.60 Å². The second-order valence-corrected chi connectivity index (χ2v) is 6.11. The van der Waals surface area contributed by atoms with Crippen LogP contribution in [0.3, 0.4) is 0 Å². The molecule has 0 saturated heterocycles. The van der Waals surface area contributed by atoms with Gasteiger partial charge in [-0.25, -0.2) is 0 Å². The van der Waals surface area contributed by atoms with E-state index in [1.165, 1.54) is 0 Å². The predicted molar refractivity (Wildman–Crippen MR) is 70.5 cm³/mol. The molecule has 1 heterocycles. The quantitative estimate of drug-likeness (QED) is 0.427. The average molecular weight is 367 g/mol. The number of hydrogen-bond donors (Lipinski definition) is 1. The van der Waals surface area contributed by atoms with Gasteiger partial charge in [-0.05, 0) is 18.4 Å². The normalized spacial score (nSPS) is 15.6. The molecule has 0 bridgehead atoms. The lowest BCUT2D eigenvalue weighted by Crippen LogP contribution is -3.00. The molecular formula is C13H22INOS. The van der Waals surface area contributed by atoms with Gasteiger partial charge in [0.15, 0.2) is 0 Å². The van der Waals surface area contributed by atoms with Crippen molar-refractivity contribution in [2.45, 2.75) is 18.9 Å². The molecule has 2 nitrogen and oxygen atoms in total. The molecule has 0 saturated carbocycles. The monoisotopic (exact) mass is 367 g/mol. The van der Waals surface area contributed by atoms with Crippen LogP contribution < -0.4 is 24.0 Å². The minimum absolute atomic E-state index is 0. The lowest BCUT2D eigenvalue weighted by Gasteiger charge is -2.30. The van der Waals surface area contributed by atoms with Gasteiger partial charge in [-0.1, -0.05) is 18.2 Å². The topological polar surface area (TPSA) is 20.2 Å². The van der Waals surface area contributed by atoms with Crippen molar-refractivity contribution in [1.29, 1.82) is 0 Å². The molecule has 1 N–H and O–H groups in total. The van der Waals surface area contributed by atoms with Gasteiger partial charge in [-0.15, -0.1) is 11.3 Å². The van der Waals surface area contributed by atoms with E-state index in [2.05, 4.69) is 21.1 Å². The average Bonchev–Trinajstić information content (AvgIpc) is 2.67. The SMILES string of the molecule is C/C=C/C(O)(CC[N+](C)(C)C)c1cccs1.[I-]. The van der Waals surface area contributed by atoms with Crippen LogP contribution in [0.5, 0.6) is 0 Å². The zero-order valence-corrected chi connectivity index (χ0v) is 14.0. The molecule has 0 fully saturated rings. The smallest absolute Gasteiger partial charge is 0.122 e. The fraction of sp³-hybridized carbons (Fsp3) is 0.538. The number of quaternary nitrogens is 1. The summed E-state index contributed by atoms with van der Waals surface area (Å²) in [4.78, 5) is 1.03. The largest absolute Gasteiger partial charge is 1.00 e. The van der Waals surface area contributed by atoms with E-state index >= 15 is 0 Å². The molecule has 1 rings (SSSR count). The Bertz CT molecular complexity index is 343. The fourth-order valence-electron chi connectivity index (χ4n) is 1.60.